The molecule has 2 aromatic carbocycles. The Kier molecular flexibility index (Phi) is 6.75. The molecule has 2 fully saturated rings. The van der Waals surface area contributed by atoms with E-state index in [1.54, 1.807) is 0 Å². The van der Waals surface area contributed by atoms with Crippen molar-refractivity contribution >= 4 is 27.9 Å². The summed E-state index contributed by atoms with van der Waals surface area (Å²) in [6.45, 7) is -0.786. The van der Waals surface area contributed by atoms with E-state index in [0.29, 0.717) is 11.6 Å². The SMILES string of the molecule is NS(=O)(=O)c1ccc(C(=O)N2CC3CN(C(=O)/C=C/c4ccc(OC(F)(F)F)cc4)CC3(F)C2)c(F)c1. The van der Waals surface area contributed by atoms with Crippen molar-refractivity contribution < 1.29 is 44.7 Å². The first-order valence-electron chi connectivity index (χ1n) is 10.8. The van der Waals surface area contributed by atoms with Gasteiger partial charge in [-0.25, -0.2) is 22.3 Å². The lowest BCUT2D eigenvalue weighted by Crippen LogP contribution is -2.39. The fourth-order valence-electron chi connectivity index (χ4n) is 4.38. The number of primary sulfonamides is 1. The zero-order chi connectivity index (χ0) is 27.2. The van der Waals surface area contributed by atoms with Gasteiger partial charge < -0.3 is 14.5 Å². The second kappa shape index (κ2) is 9.41. The normalized spacial score (nSPS) is 21.9. The zero-order valence-electron chi connectivity index (χ0n) is 18.9. The van der Waals surface area contributed by atoms with Crippen molar-refractivity contribution in [2.24, 2.45) is 11.1 Å². The van der Waals surface area contributed by atoms with Crippen molar-refractivity contribution in [1.82, 2.24) is 9.80 Å². The number of hydrogen-bond donors (Lipinski definition) is 1. The van der Waals surface area contributed by atoms with Crippen molar-refractivity contribution in [3.05, 3.63) is 65.5 Å². The summed E-state index contributed by atoms with van der Waals surface area (Å²) in [5, 5.41) is 4.95. The third-order valence-corrected chi connectivity index (χ3v) is 7.06. The summed E-state index contributed by atoms with van der Waals surface area (Å²) in [4.78, 5) is 27.2. The van der Waals surface area contributed by atoms with Crippen LogP contribution in [0.4, 0.5) is 22.0 Å². The first-order chi connectivity index (χ1) is 17.1. The van der Waals surface area contributed by atoms with Crippen LogP contribution < -0.4 is 9.88 Å². The summed E-state index contributed by atoms with van der Waals surface area (Å²) < 4.78 is 93.2. The summed E-state index contributed by atoms with van der Waals surface area (Å²) in [7, 11) is -4.17. The molecule has 0 saturated carbocycles. The van der Waals surface area contributed by atoms with Gasteiger partial charge in [-0.15, -0.1) is 13.2 Å². The van der Waals surface area contributed by atoms with E-state index in [-0.39, 0.29) is 26.2 Å². The first-order valence-corrected chi connectivity index (χ1v) is 12.3. The van der Waals surface area contributed by atoms with E-state index in [1.165, 1.54) is 23.1 Å². The number of alkyl halides is 4. The standard InChI is InChI=1S/C23H20F5N3O5S/c24-19-9-17(37(29,34)35)6-7-18(19)21(33)31-11-15-10-30(12-22(15,25)13-31)20(32)8-3-14-1-4-16(5-2-14)36-23(26,27)28/h1-9,15H,10-13H2,(H2,29,34,35)/b8-3+. The highest BCUT2D eigenvalue weighted by molar-refractivity contribution is 7.89. The molecule has 2 heterocycles. The fraction of sp³-hybridized carbons (Fsp3) is 0.304. The number of benzene rings is 2. The van der Waals surface area contributed by atoms with Gasteiger partial charge in [0, 0.05) is 25.1 Å². The minimum Gasteiger partial charge on any atom is -0.406 e. The van der Waals surface area contributed by atoms with Crippen molar-refractivity contribution in [2.45, 2.75) is 16.9 Å². The van der Waals surface area contributed by atoms with E-state index in [2.05, 4.69) is 4.74 Å². The number of halogens is 5. The topological polar surface area (TPSA) is 110 Å². The molecular weight excluding hydrogens is 525 g/mol. The van der Waals surface area contributed by atoms with E-state index >= 15 is 4.39 Å². The van der Waals surface area contributed by atoms with Crippen molar-refractivity contribution in [1.29, 1.82) is 0 Å². The van der Waals surface area contributed by atoms with Crippen LogP contribution in [0.3, 0.4) is 0 Å². The Morgan fingerprint density at radius 2 is 1.68 bits per heavy atom. The van der Waals surface area contributed by atoms with E-state index in [1.807, 2.05) is 0 Å². The highest BCUT2D eigenvalue weighted by atomic mass is 32.2. The lowest BCUT2D eigenvalue weighted by molar-refractivity contribution is -0.274. The number of nitrogens with zero attached hydrogens (tertiary/aromatic N) is 2. The summed E-state index contributed by atoms with van der Waals surface area (Å²) in [6.07, 6.45) is -2.30. The second-order valence-electron chi connectivity index (χ2n) is 8.77. The molecule has 0 bridgehead atoms. The van der Waals surface area contributed by atoms with Gasteiger partial charge in [-0.05, 0) is 42.0 Å². The number of rotatable bonds is 5. The van der Waals surface area contributed by atoms with Gasteiger partial charge in [0.15, 0.2) is 5.67 Å². The Bertz CT molecular complexity index is 1360. The van der Waals surface area contributed by atoms with Gasteiger partial charge in [-0.2, -0.15) is 0 Å². The average Bonchev–Trinajstić information content (AvgIpc) is 3.28. The molecule has 2 aromatic rings. The maximum Gasteiger partial charge on any atom is 0.573 e. The third-order valence-electron chi connectivity index (χ3n) is 6.15. The first kappa shape index (κ1) is 26.5. The van der Waals surface area contributed by atoms with Crippen LogP contribution >= 0.6 is 0 Å². The number of sulfonamides is 1. The predicted octanol–water partition coefficient (Wildman–Crippen LogP) is 2.71. The predicted molar refractivity (Wildman–Crippen MR) is 120 cm³/mol. The van der Waals surface area contributed by atoms with E-state index < -0.39 is 61.8 Å². The highest BCUT2D eigenvalue weighted by Crippen LogP contribution is 2.39. The lowest BCUT2D eigenvalue weighted by Gasteiger charge is -2.23. The van der Waals surface area contributed by atoms with E-state index in [0.717, 1.165) is 35.2 Å². The maximum atomic E-state index is 15.6. The van der Waals surface area contributed by atoms with Crippen LogP contribution in [0.2, 0.25) is 0 Å². The van der Waals surface area contributed by atoms with Crippen LogP contribution in [-0.2, 0) is 14.8 Å². The fourth-order valence-corrected chi connectivity index (χ4v) is 4.91. The number of hydrogen-bond acceptors (Lipinski definition) is 5. The zero-order valence-corrected chi connectivity index (χ0v) is 19.7. The van der Waals surface area contributed by atoms with Gasteiger partial charge in [-0.3, -0.25) is 9.59 Å². The Labute approximate surface area is 208 Å². The van der Waals surface area contributed by atoms with Crippen LogP contribution in [0, 0.1) is 11.7 Å². The molecule has 0 aromatic heterocycles. The van der Waals surface area contributed by atoms with Gasteiger partial charge in [0.1, 0.15) is 11.6 Å². The number of carbonyl (C=O) groups excluding carboxylic acids is 2. The molecular formula is C23H20F5N3O5S. The number of ether oxygens (including phenoxy) is 1. The second-order valence-corrected chi connectivity index (χ2v) is 10.3. The molecule has 2 saturated heterocycles. The number of likely N-dealkylation sites (tertiary alicyclic amines) is 2. The maximum absolute atomic E-state index is 15.6. The minimum absolute atomic E-state index is 0.00531. The molecule has 2 N–H and O–H groups in total. The van der Waals surface area contributed by atoms with E-state index in [4.69, 9.17) is 5.14 Å². The Balaban J connectivity index is 1.37. The third kappa shape index (κ3) is 5.91. The summed E-state index contributed by atoms with van der Waals surface area (Å²) in [5.41, 5.74) is -1.93. The Morgan fingerprint density at radius 3 is 2.24 bits per heavy atom. The largest absolute Gasteiger partial charge is 0.573 e. The monoisotopic (exact) mass is 545 g/mol. The number of carbonyl (C=O) groups is 2. The number of fused-ring (bicyclic) bond motifs is 1. The molecule has 2 aliphatic heterocycles. The Morgan fingerprint density at radius 1 is 1.05 bits per heavy atom. The summed E-state index contributed by atoms with van der Waals surface area (Å²) in [5.74, 6) is -3.59. The minimum atomic E-state index is -4.82. The highest BCUT2D eigenvalue weighted by Gasteiger charge is 2.55. The lowest BCUT2D eigenvalue weighted by atomic mass is 9.97. The van der Waals surface area contributed by atoms with Crippen molar-refractivity contribution in [2.75, 3.05) is 26.2 Å². The molecule has 2 amide bonds. The number of nitrogens with two attached hydrogens (primary N) is 1. The van der Waals surface area contributed by atoms with Crippen LogP contribution in [0.5, 0.6) is 5.75 Å². The van der Waals surface area contributed by atoms with Gasteiger partial charge in [0.05, 0.1) is 23.5 Å². The van der Waals surface area contributed by atoms with Crippen LogP contribution in [0.15, 0.2) is 53.4 Å². The summed E-state index contributed by atoms with van der Waals surface area (Å²) in [6, 6.07) is 7.39. The molecule has 2 atom stereocenters. The van der Waals surface area contributed by atoms with Gasteiger partial charge >= 0.3 is 6.36 Å². The molecule has 8 nitrogen and oxygen atoms in total. The Hall–Kier alpha value is -3.52. The molecule has 37 heavy (non-hydrogen) atoms. The van der Waals surface area contributed by atoms with E-state index in [9.17, 15) is 35.6 Å². The van der Waals surface area contributed by atoms with Crippen molar-refractivity contribution in [3.63, 3.8) is 0 Å². The molecule has 0 spiro atoms. The quantitative estimate of drug-likeness (QED) is 0.459. The molecule has 0 aliphatic carbocycles. The van der Waals surface area contributed by atoms with Crippen LogP contribution in [-0.4, -0.2) is 68.2 Å². The summed E-state index contributed by atoms with van der Waals surface area (Å²) >= 11 is 0. The molecule has 4 rings (SSSR count). The molecule has 0 radical (unpaired) electrons. The van der Waals surface area contributed by atoms with Crippen molar-refractivity contribution in [3.8, 4) is 5.75 Å². The average molecular weight is 545 g/mol. The van der Waals surface area contributed by atoms with Gasteiger partial charge in [-0.1, -0.05) is 12.1 Å². The van der Waals surface area contributed by atoms with Gasteiger partial charge in [0.2, 0.25) is 15.9 Å². The molecule has 2 unspecified atom stereocenters. The smallest absolute Gasteiger partial charge is 0.406 e. The molecule has 2 aliphatic rings. The van der Waals surface area contributed by atoms with Gasteiger partial charge in [0.25, 0.3) is 5.91 Å². The van der Waals surface area contributed by atoms with Crippen LogP contribution in [0.1, 0.15) is 15.9 Å². The van der Waals surface area contributed by atoms with Crippen LogP contribution in [0.25, 0.3) is 6.08 Å². The molecule has 14 heteroatoms. The number of amides is 2. The molecule has 198 valence electrons.